The average Bonchev–Trinajstić information content (AvgIpc) is 2.17. The number of piperazine rings is 1. The van der Waals surface area contributed by atoms with Crippen LogP contribution in [0.3, 0.4) is 0 Å². The number of halogens is 1. The SMILES string of the molecule is C[C@H]1CN(Cc2cccc(Cl)n2)CCN1. The Hall–Kier alpha value is -0.640. The lowest BCUT2D eigenvalue weighted by Gasteiger charge is -2.31. The van der Waals surface area contributed by atoms with Crippen molar-refractivity contribution in [1.29, 1.82) is 0 Å². The summed E-state index contributed by atoms with van der Waals surface area (Å²) in [4.78, 5) is 6.70. The summed E-state index contributed by atoms with van der Waals surface area (Å²) in [5, 5.41) is 4.00. The van der Waals surface area contributed by atoms with Gasteiger partial charge in [0.15, 0.2) is 0 Å². The molecule has 3 nitrogen and oxygen atoms in total. The van der Waals surface area contributed by atoms with Gasteiger partial charge in [-0.05, 0) is 19.1 Å². The van der Waals surface area contributed by atoms with E-state index in [9.17, 15) is 0 Å². The summed E-state index contributed by atoms with van der Waals surface area (Å²) in [5.41, 5.74) is 1.05. The fraction of sp³-hybridized carbons (Fsp3) is 0.545. The molecule has 1 fully saturated rings. The molecule has 0 unspecified atom stereocenters. The molecule has 0 radical (unpaired) electrons. The maximum atomic E-state index is 5.85. The van der Waals surface area contributed by atoms with E-state index in [1.54, 1.807) is 0 Å². The number of nitrogens with zero attached hydrogens (tertiary/aromatic N) is 2. The van der Waals surface area contributed by atoms with E-state index in [4.69, 9.17) is 11.6 Å². The van der Waals surface area contributed by atoms with E-state index in [0.717, 1.165) is 31.9 Å². The maximum absolute atomic E-state index is 5.85. The largest absolute Gasteiger partial charge is 0.312 e. The first-order chi connectivity index (χ1) is 7.24. The molecule has 1 saturated heterocycles. The Labute approximate surface area is 95.4 Å². The van der Waals surface area contributed by atoms with Gasteiger partial charge in [-0.15, -0.1) is 0 Å². The lowest BCUT2D eigenvalue weighted by Crippen LogP contribution is -2.48. The van der Waals surface area contributed by atoms with Crippen molar-refractivity contribution < 1.29 is 0 Å². The third-order valence-electron chi connectivity index (χ3n) is 2.61. The zero-order valence-electron chi connectivity index (χ0n) is 8.91. The molecular weight excluding hydrogens is 210 g/mol. The number of pyridine rings is 1. The van der Waals surface area contributed by atoms with Crippen LogP contribution in [0.4, 0.5) is 0 Å². The Kier molecular flexibility index (Phi) is 3.57. The van der Waals surface area contributed by atoms with Crippen LogP contribution in [0.1, 0.15) is 12.6 Å². The zero-order valence-corrected chi connectivity index (χ0v) is 9.67. The minimum atomic E-state index is 0.568. The van der Waals surface area contributed by atoms with Gasteiger partial charge in [0, 0.05) is 32.2 Å². The highest BCUT2D eigenvalue weighted by Crippen LogP contribution is 2.09. The molecule has 4 heteroatoms. The second-order valence-electron chi connectivity index (χ2n) is 4.04. The highest BCUT2D eigenvalue weighted by atomic mass is 35.5. The van der Waals surface area contributed by atoms with E-state index in [1.165, 1.54) is 0 Å². The van der Waals surface area contributed by atoms with Crippen LogP contribution < -0.4 is 5.32 Å². The van der Waals surface area contributed by atoms with E-state index in [-0.39, 0.29) is 0 Å². The lowest BCUT2D eigenvalue weighted by atomic mass is 10.2. The molecule has 1 aromatic rings. The quantitative estimate of drug-likeness (QED) is 0.774. The average molecular weight is 226 g/mol. The van der Waals surface area contributed by atoms with E-state index in [1.807, 2.05) is 18.2 Å². The van der Waals surface area contributed by atoms with E-state index >= 15 is 0 Å². The molecule has 82 valence electrons. The predicted octanol–water partition coefficient (Wildman–Crippen LogP) is 1.53. The van der Waals surface area contributed by atoms with Crippen molar-refractivity contribution in [3.63, 3.8) is 0 Å². The third-order valence-corrected chi connectivity index (χ3v) is 2.82. The lowest BCUT2D eigenvalue weighted by molar-refractivity contribution is 0.197. The normalized spacial score (nSPS) is 22.9. The Balaban J connectivity index is 1.96. The smallest absolute Gasteiger partial charge is 0.129 e. The van der Waals surface area contributed by atoms with Gasteiger partial charge >= 0.3 is 0 Å². The first-order valence-corrected chi connectivity index (χ1v) is 5.69. The summed E-state index contributed by atoms with van der Waals surface area (Å²) in [7, 11) is 0. The number of nitrogens with one attached hydrogen (secondary N) is 1. The minimum Gasteiger partial charge on any atom is -0.312 e. The van der Waals surface area contributed by atoms with Gasteiger partial charge in [-0.2, -0.15) is 0 Å². The topological polar surface area (TPSA) is 28.2 Å². The molecule has 0 amide bonds. The molecule has 0 bridgehead atoms. The van der Waals surface area contributed by atoms with Crippen LogP contribution in [-0.2, 0) is 6.54 Å². The van der Waals surface area contributed by atoms with Gasteiger partial charge in [0.05, 0.1) is 5.69 Å². The molecule has 0 spiro atoms. The van der Waals surface area contributed by atoms with Gasteiger partial charge in [-0.1, -0.05) is 17.7 Å². The molecule has 1 N–H and O–H groups in total. The highest BCUT2D eigenvalue weighted by molar-refractivity contribution is 6.29. The van der Waals surface area contributed by atoms with Gasteiger partial charge in [0.25, 0.3) is 0 Å². The molecule has 0 aliphatic carbocycles. The molecular formula is C11H16ClN3. The van der Waals surface area contributed by atoms with Gasteiger partial charge in [-0.25, -0.2) is 4.98 Å². The van der Waals surface area contributed by atoms with Gasteiger partial charge in [0.2, 0.25) is 0 Å². The van der Waals surface area contributed by atoms with Crippen LogP contribution >= 0.6 is 11.6 Å². The van der Waals surface area contributed by atoms with Gasteiger partial charge in [0.1, 0.15) is 5.15 Å². The van der Waals surface area contributed by atoms with Crippen LogP contribution in [0.5, 0.6) is 0 Å². The fourth-order valence-electron chi connectivity index (χ4n) is 1.92. The Morgan fingerprint density at radius 2 is 2.47 bits per heavy atom. The van der Waals surface area contributed by atoms with Crippen molar-refractivity contribution in [2.75, 3.05) is 19.6 Å². The maximum Gasteiger partial charge on any atom is 0.129 e. The molecule has 2 heterocycles. The molecule has 1 aliphatic heterocycles. The minimum absolute atomic E-state index is 0.568. The van der Waals surface area contributed by atoms with Crippen molar-refractivity contribution in [3.05, 3.63) is 29.0 Å². The summed E-state index contributed by atoms with van der Waals surface area (Å²) in [6.45, 7) is 6.32. The second kappa shape index (κ2) is 4.92. The van der Waals surface area contributed by atoms with Crippen LogP contribution in [0.25, 0.3) is 0 Å². The van der Waals surface area contributed by atoms with Crippen molar-refractivity contribution in [1.82, 2.24) is 15.2 Å². The Bertz CT molecular complexity index is 329. The fourth-order valence-corrected chi connectivity index (χ4v) is 2.10. The summed E-state index contributed by atoms with van der Waals surface area (Å²) in [5.74, 6) is 0. The van der Waals surface area contributed by atoms with E-state index in [0.29, 0.717) is 11.2 Å². The number of rotatable bonds is 2. The van der Waals surface area contributed by atoms with E-state index in [2.05, 4.69) is 22.1 Å². The number of aromatic nitrogens is 1. The number of hydrogen-bond acceptors (Lipinski definition) is 3. The van der Waals surface area contributed by atoms with Crippen molar-refractivity contribution >= 4 is 11.6 Å². The van der Waals surface area contributed by atoms with Crippen LogP contribution in [0, 0.1) is 0 Å². The first kappa shape index (κ1) is 10.9. The molecule has 1 aliphatic rings. The standard InChI is InChI=1S/C11H16ClN3/c1-9-7-15(6-5-13-9)8-10-3-2-4-11(12)14-10/h2-4,9,13H,5-8H2,1H3/t9-/m0/s1. The molecule has 1 atom stereocenters. The first-order valence-electron chi connectivity index (χ1n) is 5.31. The predicted molar refractivity (Wildman–Crippen MR) is 62.0 cm³/mol. The highest BCUT2D eigenvalue weighted by Gasteiger charge is 2.15. The van der Waals surface area contributed by atoms with Gasteiger partial charge in [-0.3, -0.25) is 4.90 Å². The number of hydrogen-bond donors (Lipinski definition) is 1. The van der Waals surface area contributed by atoms with Crippen molar-refractivity contribution in [3.8, 4) is 0 Å². The van der Waals surface area contributed by atoms with Crippen molar-refractivity contribution in [2.24, 2.45) is 0 Å². The third kappa shape index (κ3) is 3.16. The Morgan fingerprint density at radius 3 is 3.20 bits per heavy atom. The second-order valence-corrected chi connectivity index (χ2v) is 4.43. The molecule has 1 aromatic heterocycles. The molecule has 15 heavy (non-hydrogen) atoms. The van der Waals surface area contributed by atoms with Crippen LogP contribution in [-0.4, -0.2) is 35.6 Å². The molecule has 0 saturated carbocycles. The van der Waals surface area contributed by atoms with Crippen LogP contribution in [0.2, 0.25) is 5.15 Å². The summed E-state index contributed by atoms with van der Waals surface area (Å²) in [6, 6.07) is 6.36. The monoisotopic (exact) mass is 225 g/mol. The van der Waals surface area contributed by atoms with E-state index < -0.39 is 0 Å². The molecule has 2 rings (SSSR count). The zero-order chi connectivity index (χ0) is 10.7. The Morgan fingerprint density at radius 1 is 1.60 bits per heavy atom. The summed E-state index contributed by atoms with van der Waals surface area (Å²) in [6.07, 6.45) is 0. The summed E-state index contributed by atoms with van der Waals surface area (Å²) < 4.78 is 0. The van der Waals surface area contributed by atoms with Gasteiger partial charge < -0.3 is 5.32 Å². The molecule has 0 aromatic carbocycles. The van der Waals surface area contributed by atoms with Crippen molar-refractivity contribution in [2.45, 2.75) is 19.5 Å². The van der Waals surface area contributed by atoms with Crippen LogP contribution in [0.15, 0.2) is 18.2 Å². The summed E-state index contributed by atoms with van der Waals surface area (Å²) >= 11 is 5.85.